The van der Waals surface area contributed by atoms with Crippen LogP contribution in [0.15, 0.2) is 0 Å². The van der Waals surface area contributed by atoms with E-state index < -0.39 is 0 Å². The molecule has 1 saturated heterocycles. The van der Waals surface area contributed by atoms with Crippen molar-refractivity contribution in [1.82, 2.24) is 20.0 Å². The van der Waals surface area contributed by atoms with E-state index in [9.17, 15) is 0 Å². The predicted molar refractivity (Wildman–Crippen MR) is 76.4 cm³/mol. The maximum Gasteiger partial charge on any atom is 0.216 e. The van der Waals surface area contributed by atoms with E-state index in [0.29, 0.717) is 0 Å². The lowest BCUT2D eigenvalue weighted by Gasteiger charge is -2.14. The fourth-order valence-electron chi connectivity index (χ4n) is 2.91. The molecule has 1 unspecified atom stereocenters. The molecule has 0 amide bonds. The molecular weight excluding hydrogens is 240 g/mol. The summed E-state index contributed by atoms with van der Waals surface area (Å²) in [5, 5.41) is 7.96. The van der Waals surface area contributed by atoms with Gasteiger partial charge in [0.15, 0.2) is 0 Å². The van der Waals surface area contributed by atoms with Gasteiger partial charge in [-0.2, -0.15) is 5.10 Å². The van der Waals surface area contributed by atoms with Crippen molar-refractivity contribution in [2.45, 2.75) is 26.8 Å². The van der Waals surface area contributed by atoms with E-state index >= 15 is 0 Å². The highest BCUT2D eigenvalue weighted by Crippen LogP contribution is 2.21. The summed E-state index contributed by atoms with van der Waals surface area (Å²) in [5.74, 6) is 1.65. The number of nitrogens with one attached hydrogen (secondary N) is 1. The number of rotatable bonds is 6. The first-order valence-corrected chi connectivity index (χ1v) is 7.15. The number of nitrogens with zero attached hydrogens (tertiary/aromatic N) is 3. The molecule has 2 rings (SSSR count). The first kappa shape index (κ1) is 14.3. The van der Waals surface area contributed by atoms with E-state index in [2.05, 4.69) is 22.2 Å². The van der Waals surface area contributed by atoms with Crippen LogP contribution < -0.4 is 10.1 Å². The lowest BCUT2D eigenvalue weighted by molar-refractivity contribution is 0.338. The lowest BCUT2D eigenvalue weighted by atomic mass is 10.1. The van der Waals surface area contributed by atoms with Crippen LogP contribution in [0.5, 0.6) is 5.88 Å². The van der Waals surface area contributed by atoms with Crippen LogP contribution in [0.1, 0.15) is 24.6 Å². The Balaban J connectivity index is 1.83. The Morgan fingerprint density at radius 1 is 1.47 bits per heavy atom. The van der Waals surface area contributed by atoms with Crippen LogP contribution in [0.4, 0.5) is 0 Å². The fraction of sp³-hybridized carbons (Fsp3) is 0.786. The molecule has 0 aliphatic carbocycles. The smallest absolute Gasteiger partial charge is 0.216 e. The summed E-state index contributed by atoms with van der Waals surface area (Å²) in [6.45, 7) is 9.84. The van der Waals surface area contributed by atoms with Crippen molar-refractivity contribution >= 4 is 0 Å². The van der Waals surface area contributed by atoms with Crippen molar-refractivity contribution in [1.29, 1.82) is 0 Å². The van der Waals surface area contributed by atoms with Gasteiger partial charge in [-0.05, 0) is 38.9 Å². The van der Waals surface area contributed by atoms with E-state index in [1.807, 2.05) is 14.0 Å². The second-order valence-corrected chi connectivity index (χ2v) is 5.38. The zero-order valence-electron chi connectivity index (χ0n) is 12.6. The Morgan fingerprint density at radius 2 is 2.26 bits per heavy atom. The largest absolute Gasteiger partial charge is 0.481 e. The molecule has 2 heterocycles. The van der Waals surface area contributed by atoms with Gasteiger partial charge >= 0.3 is 0 Å². The molecule has 0 saturated carbocycles. The molecule has 1 aromatic heterocycles. The number of aromatic nitrogens is 2. The molecule has 5 nitrogen and oxygen atoms in total. The topological polar surface area (TPSA) is 42.3 Å². The molecule has 0 radical (unpaired) electrons. The molecular formula is C14H26N4O. The summed E-state index contributed by atoms with van der Waals surface area (Å²) in [7, 11) is 3.63. The number of methoxy groups -OCH3 is 1. The minimum absolute atomic E-state index is 0.780. The van der Waals surface area contributed by atoms with Gasteiger partial charge in [-0.15, -0.1) is 0 Å². The molecule has 1 aliphatic rings. The maximum atomic E-state index is 5.41. The van der Waals surface area contributed by atoms with E-state index in [0.717, 1.165) is 30.6 Å². The van der Waals surface area contributed by atoms with E-state index in [1.165, 1.54) is 31.6 Å². The SMILES string of the molecule is CCN1CCC(CNCc2c(C)nn(C)c2OC)C1. The van der Waals surface area contributed by atoms with Crippen molar-refractivity contribution in [3.63, 3.8) is 0 Å². The minimum Gasteiger partial charge on any atom is -0.481 e. The fourth-order valence-corrected chi connectivity index (χ4v) is 2.91. The van der Waals surface area contributed by atoms with Gasteiger partial charge < -0.3 is 15.0 Å². The zero-order valence-corrected chi connectivity index (χ0v) is 12.6. The first-order valence-electron chi connectivity index (χ1n) is 7.15. The molecule has 0 bridgehead atoms. The Kier molecular flexibility index (Phi) is 4.82. The number of hydrogen-bond acceptors (Lipinski definition) is 4. The summed E-state index contributed by atoms with van der Waals surface area (Å²) in [5.41, 5.74) is 2.23. The molecule has 1 aromatic rings. The van der Waals surface area contributed by atoms with Gasteiger partial charge in [0.25, 0.3) is 0 Å². The molecule has 5 heteroatoms. The molecule has 1 atom stereocenters. The quantitative estimate of drug-likeness (QED) is 0.839. The monoisotopic (exact) mass is 266 g/mol. The summed E-state index contributed by atoms with van der Waals surface area (Å²) < 4.78 is 7.21. The number of aryl methyl sites for hydroxylation is 2. The summed E-state index contributed by atoms with van der Waals surface area (Å²) >= 11 is 0. The third-order valence-corrected chi connectivity index (χ3v) is 4.03. The van der Waals surface area contributed by atoms with Gasteiger partial charge in [-0.1, -0.05) is 6.92 Å². The highest BCUT2D eigenvalue weighted by Gasteiger charge is 2.21. The van der Waals surface area contributed by atoms with Crippen molar-refractivity contribution < 1.29 is 4.74 Å². The summed E-state index contributed by atoms with van der Waals surface area (Å²) in [6, 6.07) is 0. The van der Waals surface area contributed by atoms with Crippen molar-refractivity contribution in [2.24, 2.45) is 13.0 Å². The highest BCUT2D eigenvalue weighted by molar-refractivity contribution is 5.30. The van der Waals surface area contributed by atoms with Crippen molar-refractivity contribution in [3.05, 3.63) is 11.3 Å². The molecule has 0 aromatic carbocycles. The standard InChI is InChI=1S/C14H26N4O/c1-5-18-7-6-12(10-18)8-15-9-13-11(2)16-17(3)14(13)19-4/h12,15H,5-10H2,1-4H3. The number of hydrogen-bond donors (Lipinski definition) is 1. The molecule has 0 spiro atoms. The second kappa shape index (κ2) is 6.39. The van der Waals surface area contributed by atoms with Crippen LogP contribution in [-0.4, -0.2) is 48.0 Å². The minimum atomic E-state index is 0.780. The van der Waals surface area contributed by atoms with Crippen LogP contribution in [0.3, 0.4) is 0 Å². The number of likely N-dealkylation sites (tertiary alicyclic amines) is 1. The Bertz CT molecular complexity index is 416. The van der Waals surface area contributed by atoms with Gasteiger partial charge in [0.05, 0.1) is 18.4 Å². The second-order valence-electron chi connectivity index (χ2n) is 5.38. The Hall–Kier alpha value is -1.07. The molecule has 1 N–H and O–H groups in total. The molecule has 1 aliphatic heterocycles. The van der Waals surface area contributed by atoms with Gasteiger partial charge in [0, 0.05) is 20.1 Å². The van der Waals surface area contributed by atoms with Crippen molar-refractivity contribution in [3.8, 4) is 5.88 Å². The van der Waals surface area contributed by atoms with Gasteiger partial charge in [-0.25, -0.2) is 4.68 Å². The lowest BCUT2D eigenvalue weighted by Crippen LogP contribution is -2.26. The average Bonchev–Trinajstić information content (AvgIpc) is 2.95. The third kappa shape index (κ3) is 3.28. The van der Waals surface area contributed by atoms with E-state index in [4.69, 9.17) is 4.74 Å². The van der Waals surface area contributed by atoms with E-state index in [-0.39, 0.29) is 0 Å². The summed E-state index contributed by atoms with van der Waals surface area (Å²) in [4.78, 5) is 2.52. The molecule has 108 valence electrons. The van der Waals surface area contributed by atoms with Gasteiger partial charge in [0.2, 0.25) is 5.88 Å². The Labute approximate surface area is 115 Å². The van der Waals surface area contributed by atoms with Crippen molar-refractivity contribution in [2.75, 3.05) is 33.3 Å². The zero-order chi connectivity index (χ0) is 13.8. The van der Waals surface area contributed by atoms with Crippen LogP contribution in [0, 0.1) is 12.8 Å². The van der Waals surface area contributed by atoms with Crippen LogP contribution >= 0.6 is 0 Å². The molecule has 1 fully saturated rings. The molecule has 19 heavy (non-hydrogen) atoms. The van der Waals surface area contributed by atoms with Crippen LogP contribution in [0.25, 0.3) is 0 Å². The third-order valence-electron chi connectivity index (χ3n) is 4.03. The van der Waals surface area contributed by atoms with E-state index in [1.54, 1.807) is 11.8 Å². The highest BCUT2D eigenvalue weighted by atomic mass is 16.5. The van der Waals surface area contributed by atoms with Crippen LogP contribution in [-0.2, 0) is 13.6 Å². The maximum absolute atomic E-state index is 5.41. The average molecular weight is 266 g/mol. The summed E-state index contributed by atoms with van der Waals surface area (Å²) in [6.07, 6.45) is 1.31. The van der Waals surface area contributed by atoms with Crippen LogP contribution in [0.2, 0.25) is 0 Å². The number of ether oxygens (including phenoxy) is 1. The van der Waals surface area contributed by atoms with Gasteiger partial charge in [-0.3, -0.25) is 0 Å². The predicted octanol–water partition coefficient (Wildman–Crippen LogP) is 1.17. The van der Waals surface area contributed by atoms with Gasteiger partial charge in [0.1, 0.15) is 0 Å². The Morgan fingerprint density at radius 3 is 2.89 bits per heavy atom. The first-order chi connectivity index (χ1) is 9.15. The normalized spacial score (nSPS) is 20.1.